The summed E-state index contributed by atoms with van der Waals surface area (Å²) in [5.74, 6) is 0. The lowest BCUT2D eigenvalue weighted by Gasteiger charge is -2.42. The van der Waals surface area contributed by atoms with Gasteiger partial charge in [0.15, 0.2) is 0 Å². The first kappa shape index (κ1) is 13.5. The van der Waals surface area contributed by atoms with Gasteiger partial charge in [-0.15, -0.1) is 0 Å². The van der Waals surface area contributed by atoms with Gasteiger partial charge >= 0.3 is 0 Å². The Hall–Kier alpha value is -0.500. The van der Waals surface area contributed by atoms with E-state index >= 15 is 0 Å². The molecule has 0 heterocycles. The zero-order valence-electron chi connectivity index (χ0n) is 10.6. The molecule has 0 spiro atoms. The van der Waals surface area contributed by atoms with Crippen LogP contribution in [0.4, 0.5) is 0 Å². The van der Waals surface area contributed by atoms with Gasteiger partial charge in [-0.3, -0.25) is 0 Å². The predicted molar refractivity (Wildman–Crippen MR) is 64.4 cm³/mol. The van der Waals surface area contributed by atoms with Crippen molar-refractivity contribution in [2.24, 2.45) is 5.41 Å². The first-order valence-electron chi connectivity index (χ1n) is 5.47. The van der Waals surface area contributed by atoms with Crippen LogP contribution in [0.5, 0.6) is 0 Å². The highest BCUT2D eigenvalue weighted by Gasteiger charge is 2.35. The average molecular weight is 198 g/mol. The Bertz CT molecular complexity index is 181. The Kier molecular flexibility index (Phi) is 5.21. The second-order valence-corrected chi connectivity index (χ2v) is 4.93. The standard InChI is InChI=1S/C12H26N2/c1-7-9-14-12(5,6)11(3,4)10-13-8-2/h7,9,13-14H,8,10H2,1-6H3/b9-7-. The quantitative estimate of drug-likeness (QED) is 0.685. The lowest BCUT2D eigenvalue weighted by Crippen LogP contribution is -2.53. The van der Waals surface area contributed by atoms with E-state index in [-0.39, 0.29) is 11.0 Å². The van der Waals surface area contributed by atoms with Gasteiger partial charge in [-0.25, -0.2) is 0 Å². The molecule has 0 saturated heterocycles. The largest absolute Gasteiger partial charge is 0.386 e. The van der Waals surface area contributed by atoms with Crippen molar-refractivity contribution in [3.8, 4) is 0 Å². The van der Waals surface area contributed by atoms with Gasteiger partial charge in [0.1, 0.15) is 0 Å². The fourth-order valence-electron chi connectivity index (χ4n) is 1.15. The third kappa shape index (κ3) is 3.70. The predicted octanol–water partition coefficient (Wildman–Crippen LogP) is 2.52. The van der Waals surface area contributed by atoms with Crippen molar-refractivity contribution in [3.63, 3.8) is 0 Å². The Morgan fingerprint density at radius 2 is 1.71 bits per heavy atom. The summed E-state index contributed by atoms with van der Waals surface area (Å²) in [5, 5.41) is 6.84. The zero-order valence-corrected chi connectivity index (χ0v) is 10.6. The van der Waals surface area contributed by atoms with Crippen molar-refractivity contribution in [3.05, 3.63) is 12.3 Å². The Morgan fingerprint density at radius 1 is 1.14 bits per heavy atom. The summed E-state index contributed by atoms with van der Waals surface area (Å²) in [6.07, 6.45) is 4.05. The van der Waals surface area contributed by atoms with E-state index in [9.17, 15) is 0 Å². The van der Waals surface area contributed by atoms with Crippen molar-refractivity contribution in [1.82, 2.24) is 10.6 Å². The van der Waals surface area contributed by atoms with Gasteiger partial charge in [0.25, 0.3) is 0 Å². The number of hydrogen-bond acceptors (Lipinski definition) is 2. The van der Waals surface area contributed by atoms with E-state index in [1.54, 1.807) is 0 Å². The van der Waals surface area contributed by atoms with E-state index < -0.39 is 0 Å². The molecule has 84 valence electrons. The van der Waals surface area contributed by atoms with E-state index in [4.69, 9.17) is 0 Å². The first-order chi connectivity index (χ1) is 6.37. The number of hydrogen-bond donors (Lipinski definition) is 2. The molecule has 2 nitrogen and oxygen atoms in total. The number of rotatable bonds is 6. The molecule has 0 saturated carbocycles. The minimum absolute atomic E-state index is 0.0989. The molecule has 0 amide bonds. The van der Waals surface area contributed by atoms with Crippen LogP contribution >= 0.6 is 0 Å². The van der Waals surface area contributed by atoms with Gasteiger partial charge in [0.2, 0.25) is 0 Å². The molecule has 0 aliphatic heterocycles. The first-order valence-corrected chi connectivity index (χ1v) is 5.47. The van der Waals surface area contributed by atoms with E-state index in [2.05, 4.69) is 45.3 Å². The molecular weight excluding hydrogens is 172 g/mol. The number of allylic oxidation sites excluding steroid dienone is 1. The van der Waals surface area contributed by atoms with Gasteiger partial charge in [-0.1, -0.05) is 26.8 Å². The van der Waals surface area contributed by atoms with Gasteiger partial charge in [0, 0.05) is 12.1 Å². The molecule has 0 aromatic heterocycles. The molecule has 0 unspecified atom stereocenters. The smallest absolute Gasteiger partial charge is 0.0374 e. The van der Waals surface area contributed by atoms with Crippen LogP contribution in [0.3, 0.4) is 0 Å². The topological polar surface area (TPSA) is 24.1 Å². The van der Waals surface area contributed by atoms with Crippen molar-refractivity contribution in [2.45, 2.75) is 47.1 Å². The molecule has 0 bridgehead atoms. The molecule has 0 fully saturated rings. The van der Waals surface area contributed by atoms with Crippen molar-refractivity contribution >= 4 is 0 Å². The molecule has 2 N–H and O–H groups in total. The summed E-state index contributed by atoms with van der Waals surface area (Å²) in [4.78, 5) is 0. The van der Waals surface area contributed by atoms with E-state index in [1.807, 2.05) is 19.2 Å². The lowest BCUT2D eigenvalue weighted by molar-refractivity contribution is 0.168. The van der Waals surface area contributed by atoms with E-state index in [0.29, 0.717) is 0 Å². The third-order valence-corrected chi connectivity index (χ3v) is 3.12. The summed E-state index contributed by atoms with van der Waals surface area (Å²) in [6, 6.07) is 0. The molecular formula is C12H26N2. The lowest BCUT2D eigenvalue weighted by atomic mass is 9.74. The molecule has 0 atom stereocenters. The minimum Gasteiger partial charge on any atom is -0.386 e. The SMILES string of the molecule is C/C=C\NC(C)(C)C(C)(C)CNCC. The van der Waals surface area contributed by atoms with Crippen molar-refractivity contribution in [2.75, 3.05) is 13.1 Å². The minimum atomic E-state index is 0.0989. The van der Waals surface area contributed by atoms with Gasteiger partial charge in [-0.05, 0) is 38.9 Å². The summed E-state index contributed by atoms with van der Waals surface area (Å²) >= 11 is 0. The fraction of sp³-hybridized carbons (Fsp3) is 0.833. The number of nitrogens with one attached hydrogen (secondary N) is 2. The molecule has 0 rings (SSSR count). The van der Waals surface area contributed by atoms with Gasteiger partial charge < -0.3 is 10.6 Å². The summed E-state index contributed by atoms with van der Waals surface area (Å²) < 4.78 is 0. The van der Waals surface area contributed by atoms with E-state index in [0.717, 1.165) is 13.1 Å². The van der Waals surface area contributed by atoms with Crippen LogP contribution in [0.25, 0.3) is 0 Å². The highest BCUT2D eigenvalue weighted by atomic mass is 15.0. The van der Waals surface area contributed by atoms with Crippen LogP contribution in [0.15, 0.2) is 12.3 Å². The van der Waals surface area contributed by atoms with Gasteiger partial charge in [0.05, 0.1) is 0 Å². The molecule has 0 aliphatic rings. The Labute approximate surface area is 89.2 Å². The van der Waals surface area contributed by atoms with Crippen molar-refractivity contribution < 1.29 is 0 Å². The monoisotopic (exact) mass is 198 g/mol. The normalized spacial score (nSPS) is 13.6. The second-order valence-electron chi connectivity index (χ2n) is 4.93. The van der Waals surface area contributed by atoms with Crippen LogP contribution < -0.4 is 10.6 Å². The average Bonchev–Trinajstić information content (AvgIpc) is 2.11. The second kappa shape index (κ2) is 5.40. The van der Waals surface area contributed by atoms with Crippen LogP contribution in [0.1, 0.15) is 41.5 Å². The maximum Gasteiger partial charge on any atom is 0.0374 e. The van der Waals surface area contributed by atoms with Crippen LogP contribution in [0.2, 0.25) is 0 Å². The summed E-state index contributed by atoms with van der Waals surface area (Å²) in [5.41, 5.74) is 0.324. The maximum absolute atomic E-state index is 3.44. The highest BCUT2D eigenvalue weighted by Crippen LogP contribution is 2.29. The molecule has 0 aromatic rings. The van der Waals surface area contributed by atoms with E-state index in [1.165, 1.54) is 0 Å². The molecule has 2 heteroatoms. The van der Waals surface area contributed by atoms with Crippen LogP contribution in [0, 0.1) is 5.41 Å². The van der Waals surface area contributed by atoms with Crippen molar-refractivity contribution in [1.29, 1.82) is 0 Å². The Balaban J connectivity index is 4.34. The third-order valence-electron chi connectivity index (χ3n) is 3.12. The fourth-order valence-corrected chi connectivity index (χ4v) is 1.15. The highest BCUT2D eigenvalue weighted by molar-refractivity contribution is 4.98. The maximum atomic E-state index is 3.44. The molecule has 14 heavy (non-hydrogen) atoms. The Morgan fingerprint density at radius 3 is 2.14 bits per heavy atom. The molecule has 0 aliphatic carbocycles. The molecule has 0 aromatic carbocycles. The zero-order chi connectivity index (χ0) is 11.2. The van der Waals surface area contributed by atoms with Crippen LogP contribution in [-0.4, -0.2) is 18.6 Å². The summed E-state index contributed by atoms with van der Waals surface area (Å²) in [6.45, 7) is 15.3. The van der Waals surface area contributed by atoms with Crippen LogP contribution in [-0.2, 0) is 0 Å². The summed E-state index contributed by atoms with van der Waals surface area (Å²) in [7, 11) is 0. The van der Waals surface area contributed by atoms with Gasteiger partial charge in [-0.2, -0.15) is 0 Å². The molecule has 0 radical (unpaired) electrons.